The number of ether oxygens (including phenoxy) is 2. The lowest BCUT2D eigenvalue weighted by molar-refractivity contribution is 0.00641. The number of benzene rings is 1. The first-order chi connectivity index (χ1) is 9.71. The second kappa shape index (κ2) is 5.42. The zero-order chi connectivity index (χ0) is 14.0. The largest absolute Gasteiger partial charge is 0.445 e. The van der Waals surface area contributed by atoms with E-state index in [0.717, 1.165) is 18.4 Å². The molecule has 20 heavy (non-hydrogen) atoms. The molecule has 5 nitrogen and oxygen atoms in total. The normalized spacial score (nSPS) is 31.2. The van der Waals surface area contributed by atoms with E-state index in [1.54, 1.807) is 0 Å². The highest BCUT2D eigenvalue weighted by Gasteiger charge is 2.52. The number of hydrogen-bond acceptors (Lipinski definition) is 4. The summed E-state index contributed by atoms with van der Waals surface area (Å²) in [5.74, 6) is 0. The number of rotatable bonds is 4. The van der Waals surface area contributed by atoms with Crippen LogP contribution in [0.25, 0.3) is 0 Å². The van der Waals surface area contributed by atoms with Crippen molar-refractivity contribution in [2.75, 3.05) is 13.2 Å². The molecule has 1 heterocycles. The van der Waals surface area contributed by atoms with Gasteiger partial charge in [-0.2, -0.15) is 0 Å². The molecule has 2 aliphatic rings. The molecule has 5 heteroatoms. The molecule has 1 saturated heterocycles. The van der Waals surface area contributed by atoms with Gasteiger partial charge in [-0.3, -0.25) is 0 Å². The summed E-state index contributed by atoms with van der Waals surface area (Å²) in [5.41, 5.74) is 0.792. The van der Waals surface area contributed by atoms with Crippen molar-refractivity contribution in [2.45, 2.75) is 31.6 Å². The number of nitrogens with one attached hydrogen (secondary N) is 1. The van der Waals surface area contributed by atoms with E-state index in [2.05, 4.69) is 5.32 Å². The van der Waals surface area contributed by atoms with Crippen LogP contribution in [0, 0.1) is 5.41 Å². The highest BCUT2D eigenvalue weighted by molar-refractivity contribution is 5.67. The highest BCUT2D eigenvalue weighted by atomic mass is 16.5. The lowest BCUT2D eigenvalue weighted by atomic mass is 9.89. The van der Waals surface area contributed by atoms with Gasteiger partial charge >= 0.3 is 6.09 Å². The van der Waals surface area contributed by atoms with Crippen LogP contribution in [-0.4, -0.2) is 36.6 Å². The van der Waals surface area contributed by atoms with Crippen LogP contribution in [-0.2, 0) is 16.1 Å². The van der Waals surface area contributed by atoms with Gasteiger partial charge in [0.1, 0.15) is 6.61 Å². The number of fused-ring (bicyclic) bond motifs is 2. The molecule has 0 aromatic heterocycles. The van der Waals surface area contributed by atoms with Gasteiger partial charge in [0.2, 0.25) is 0 Å². The zero-order valence-corrected chi connectivity index (χ0v) is 11.2. The Labute approximate surface area is 117 Å². The summed E-state index contributed by atoms with van der Waals surface area (Å²) >= 11 is 0. The molecule has 108 valence electrons. The standard InChI is InChI=1S/C15H19NO4/c17-9-15-6-12(13(7-15)20-10-15)16-14(18)19-8-11-4-2-1-3-5-11/h1-5,12-13,17H,6-10H2,(H,16,18)/t12-,13-,15-/m1/s1. The molecule has 1 aromatic carbocycles. The van der Waals surface area contributed by atoms with Crippen molar-refractivity contribution in [2.24, 2.45) is 5.41 Å². The Bertz CT molecular complexity index is 478. The van der Waals surface area contributed by atoms with Crippen molar-refractivity contribution in [1.29, 1.82) is 0 Å². The smallest absolute Gasteiger partial charge is 0.407 e. The van der Waals surface area contributed by atoms with Crippen LogP contribution in [0.15, 0.2) is 30.3 Å². The molecule has 2 fully saturated rings. The molecular formula is C15H19NO4. The van der Waals surface area contributed by atoms with Crippen LogP contribution in [0.4, 0.5) is 4.79 Å². The van der Waals surface area contributed by atoms with Crippen LogP contribution in [0.3, 0.4) is 0 Å². The molecule has 0 radical (unpaired) electrons. The minimum absolute atomic E-state index is 0.00595. The minimum Gasteiger partial charge on any atom is -0.445 e. The maximum absolute atomic E-state index is 11.8. The molecule has 0 spiro atoms. The summed E-state index contributed by atoms with van der Waals surface area (Å²) in [7, 11) is 0. The molecule has 3 rings (SSSR count). The van der Waals surface area contributed by atoms with Gasteiger partial charge in [0.15, 0.2) is 0 Å². The molecule has 2 N–H and O–H groups in total. The van der Waals surface area contributed by atoms with Gasteiger partial charge in [-0.25, -0.2) is 4.79 Å². The van der Waals surface area contributed by atoms with Crippen molar-refractivity contribution in [3.05, 3.63) is 35.9 Å². The van der Waals surface area contributed by atoms with Crippen molar-refractivity contribution < 1.29 is 19.4 Å². The third kappa shape index (κ3) is 2.64. The third-order valence-electron chi connectivity index (χ3n) is 4.19. The van der Waals surface area contributed by atoms with Crippen LogP contribution < -0.4 is 5.32 Å². The second-order valence-electron chi connectivity index (χ2n) is 5.73. The molecule has 1 aromatic rings. The van der Waals surface area contributed by atoms with Crippen LogP contribution in [0.1, 0.15) is 18.4 Å². The topological polar surface area (TPSA) is 67.8 Å². The average molecular weight is 277 g/mol. The Morgan fingerprint density at radius 2 is 2.20 bits per heavy atom. The number of carbonyl (C=O) groups excluding carboxylic acids is 1. The summed E-state index contributed by atoms with van der Waals surface area (Å²) in [4.78, 5) is 11.8. The molecule has 0 unspecified atom stereocenters. The van der Waals surface area contributed by atoms with Crippen LogP contribution >= 0.6 is 0 Å². The fourth-order valence-corrected chi connectivity index (χ4v) is 3.06. The van der Waals surface area contributed by atoms with E-state index in [1.807, 2.05) is 30.3 Å². The number of amides is 1. The van der Waals surface area contributed by atoms with Crippen LogP contribution in [0.2, 0.25) is 0 Å². The molecular weight excluding hydrogens is 258 g/mol. The van der Waals surface area contributed by atoms with Crippen molar-refractivity contribution in [3.8, 4) is 0 Å². The fourth-order valence-electron chi connectivity index (χ4n) is 3.06. The molecule has 1 aliphatic carbocycles. The quantitative estimate of drug-likeness (QED) is 0.874. The number of aliphatic hydroxyl groups excluding tert-OH is 1. The lowest BCUT2D eigenvalue weighted by Gasteiger charge is -2.28. The van der Waals surface area contributed by atoms with Gasteiger partial charge in [-0.15, -0.1) is 0 Å². The van der Waals surface area contributed by atoms with Gasteiger partial charge in [0, 0.05) is 5.41 Å². The molecule has 1 aliphatic heterocycles. The first kappa shape index (κ1) is 13.4. The third-order valence-corrected chi connectivity index (χ3v) is 4.19. The monoisotopic (exact) mass is 277 g/mol. The van der Waals surface area contributed by atoms with Gasteiger partial charge < -0.3 is 19.9 Å². The summed E-state index contributed by atoms with van der Waals surface area (Å²) in [6.45, 7) is 0.961. The first-order valence-electron chi connectivity index (χ1n) is 6.90. The lowest BCUT2D eigenvalue weighted by Crippen LogP contribution is -2.44. The predicted molar refractivity (Wildman–Crippen MR) is 72.0 cm³/mol. The number of hydrogen-bond donors (Lipinski definition) is 2. The molecule has 3 atom stereocenters. The molecule has 1 saturated carbocycles. The maximum atomic E-state index is 11.8. The minimum atomic E-state index is -0.428. The molecule has 1 amide bonds. The highest BCUT2D eigenvalue weighted by Crippen LogP contribution is 2.45. The Morgan fingerprint density at radius 3 is 2.90 bits per heavy atom. The maximum Gasteiger partial charge on any atom is 0.407 e. The summed E-state index contributed by atoms with van der Waals surface area (Å²) < 4.78 is 10.8. The van der Waals surface area contributed by atoms with Gasteiger partial charge in [-0.1, -0.05) is 30.3 Å². The van der Waals surface area contributed by atoms with Gasteiger partial charge in [0.05, 0.1) is 25.4 Å². The van der Waals surface area contributed by atoms with Crippen molar-refractivity contribution in [1.82, 2.24) is 5.32 Å². The zero-order valence-electron chi connectivity index (χ0n) is 11.2. The van der Waals surface area contributed by atoms with Crippen molar-refractivity contribution >= 4 is 6.09 Å². The molecule has 2 bridgehead atoms. The van der Waals surface area contributed by atoms with E-state index >= 15 is 0 Å². The Hall–Kier alpha value is -1.59. The van der Waals surface area contributed by atoms with E-state index in [4.69, 9.17) is 9.47 Å². The Balaban J connectivity index is 1.48. The van der Waals surface area contributed by atoms with E-state index in [-0.39, 0.29) is 30.8 Å². The number of carbonyl (C=O) groups is 1. The van der Waals surface area contributed by atoms with E-state index in [9.17, 15) is 9.90 Å². The summed E-state index contributed by atoms with van der Waals surface area (Å²) in [6, 6.07) is 9.50. The van der Waals surface area contributed by atoms with Crippen LogP contribution in [0.5, 0.6) is 0 Å². The Morgan fingerprint density at radius 1 is 1.40 bits per heavy atom. The van der Waals surface area contributed by atoms with Crippen molar-refractivity contribution in [3.63, 3.8) is 0 Å². The number of alkyl carbamates (subject to hydrolysis) is 1. The first-order valence-corrected chi connectivity index (χ1v) is 6.90. The Kier molecular flexibility index (Phi) is 3.63. The number of aliphatic hydroxyl groups is 1. The average Bonchev–Trinajstić information content (AvgIpc) is 3.05. The predicted octanol–water partition coefficient (Wildman–Crippen LogP) is 1.45. The summed E-state index contributed by atoms with van der Waals surface area (Å²) in [6.07, 6.45) is 1.15. The van der Waals surface area contributed by atoms with Gasteiger partial charge in [-0.05, 0) is 18.4 Å². The fraction of sp³-hybridized carbons (Fsp3) is 0.533. The SMILES string of the molecule is O=C(N[C@@H]1C[C@@]2(CO)CO[C@@H]1C2)OCc1ccccc1. The summed E-state index contributed by atoms with van der Waals surface area (Å²) in [5, 5.41) is 12.3. The van der Waals surface area contributed by atoms with E-state index < -0.39 is 6.09 Å². The van der Waals surface area contributed by atoms with Gasteiger partial charge in [0.25, 0.3) is 0 Å². The van der Waals surface area contributed by atoms with E-state index in [1.165, 1.54) is 0 Å². The van der Waals surface area contributed by atoms with E-state index in [0.29, 0.717) is 6.61 Å². The second-order valence-corrected chi connectivity index (χ2v) is 5.73.